The molecule has 1 saturated carbocycles. The Balaban J connectivity index is 2.15. The fraction of sp³-hybridized carbons (Fsp3) is 0.538. The Labute approximate surface area is 85.8 Å². The molecule has 0 aromatic heterocycles. The summed E-state index contributed by atoms with van der Waals surface area (Å²) in [5.41, 5.74) is 1.31. The zero-order chi connectivity index (χ0) is 9.80. The molecule has 0 amide bonds. The average molecular weight is 190 g/mol. The van der Waals surface area contributed by atoms with Crippen LogP contribution in [0.4, 0.5) is 0 Å². The van der Waals surface area contributed by atoms with Crippen LogP contribution in [0.2, 0.25) is 0 Å². The van der Waals surface area contributed by atoms with Crippen molar-refractivity contribution < 1.29 is 5.11 Å². The molecule has 1 fully saturated rings. The molecular formula is C13H18O. The van der Waals surface area contributed by atoms with Gasteiger partial charge in [0, 0.05) is 5.92 Å². The Morgan fingerprint density at radius 3 is 2.43 bits per heavy atom. The van der Waals surface area contributed by atoms with E-state index in [9.17, 15) is 5.11 Å². The van der Waals surface area contributed by atoms with Crippen LogP contribution in [0.3, 0.4) is 0 Å². The minimum Gasteiger partial charge on any atom is -0.392 e. The van der Waals surface area contributed by atoms with Gasteiger partial charge in [-0.15, -0.1) is 0 Å². The predicted molar refractivity (Wildman–Crippen MR) is 58.3 cm³/mol. The summed E-state index contributed by atoms with van der Waals surface area (Å²) < 4.78 is 0. The van der Waals surface area contributed by atoms with Gasteiger partial charge >= 0.3 is 0 Å². The smallest absolute Gasteiger partial charge is 0.0608 e. The Morgan fingerprint density at radius 1 is 0.929 bits per heavy atom. The highest BCUT2D eigenvalue weighted by atomic mass is 16.3. The number of aliphatic hydroxyl groups excluding tert-OH is 1. The lowest BCUT2D eigenvalue weighted by Gasteiger charge is -2.20. The van der Waals surface area contributed by atoms with Gasteiger partial charge in [0.05, 0.1) is 6.10 Å². The summed E-state index contributed by atoms with van der Waals surface area (Å²) >= 11 is 0. The SMILES string of the molecule is O[C@H]1CCCCC[C@@H]1c1ccccc1. The summed E-state index contributed by atoms with van der Waals surface area (Å²) in [5.74, 6) is 0.374. The molecule has 0 unspecified atom stereocenters. The molecule has 76 valence electrons. The van der Waals surface area contributed by atoms with E-state index >= 15 is 0 Å². The minimum atomic E-state index is -0.125. The first-order valence-corrected chi connectivity index (χ1v) is 5.61. The maximum Gasteiger partial charge on any atom is 0.0608 e. The predicted octanol–water partition coefficient (Wildman–Crippen LogP) is 3.10. The van der Waals surface area contributed by atoms with Gasteiger partial charge in [-0.3, -0.25) is 0 Å². The summed E-state index contributed by atoms with van der Waals surface area (Å²) in [6, 6.07) is 10.4. The lowest BCUT2D eigenvalue weighted by atomic mass is 9.90. The van der Waals surface area contributed by atoms with Crippen LogP contribution >= 0.6 is 0 Å². The third kappa shape index (κ3) is 2.16. The molecule has 0 heterocycles. The summed E-state index contributed by atoms with van der Waals surface area (Å²) in [4.78, 5) is 0. The highest BCUT2D eigenvalue weighted by Crippen LogP contribution is 2.31. The van der Waals surface area contributed by atoms with E-state index in [0.717, 1.165) is 12.8 Å². The third-order valence-electron chi connectivity index (χ3n) is 3.21. The molecule has 1 heteroatoms. The molecule has 0 bridgehead atoms. The normalized spacial score (nSPS) is 28.4. The van der Waals surface area contributed by atoms with Crippen LogP contribution in [0.15, 0.2) is 30.3 Å². The lowest BCUT2D eigenvalue weighted by Crippen LogP contribution is -2.16. The second kappa shape index (κ2) is 4.61. The zero-order valence-corrected chi connectivity index (χ0v) is 8.52. The first-order valence-electron chi connectivity index (χ1n) is 5.61. The van der Waals surface area contributed by atoms with Gasteiger partial charge in [-0.25, -0.2) is 0 Å². The largest absolute Gasteiger partial charge is 0.392 e. The number of hydrogen-bond acceptors (Lipinski definition) is 1. The lowest BCUT2D eigenvalue weighted by molar-refractivity contribution is 0.135. The summed E-state index contributed by atoms with van der Waals surface area (Å²) in [5, 5.41) is 10.0. The summed E-state index contributed by atoms with van der Waals surface area (Å²) in [6.45, 7) is 0. The van der Waals surface area contributed by atoms with Crippen LogP contribution in [0.5, 0.6) is 0 Å². The van der Waals surface area contributed by atoms with Gasteiger partial charge in [0.15, 0.2) is 0 Å². The fourth-order valence-corrected chi connectivity index (χ4v) is 2.38. The molecule has 2 atom stereocenters. The molecule has 1 aromatic rings. The molecule has 0 spiro atoms. The van der Waals surface area contributed by atoms with Crippen LogP contribution in [0.1, 0.15) is 43.6 Å². The summed E-state index contributed by atoms with van der Waals surface area (Å²) in [6.07, 6.45) is 5.71. The van der Waals surface area contributed by atoms with E-state index < -0.39 is 0 Å². The van der Waals surface area contributed by atoms with Gasteiger partial charge in [0.25, 0.3) is 0 Å². The standard InChI is InChI=1S/C13H18O/c14-13-10-6-2-5-9-12(13)11-7-3-1-4-8-11/h1,3-4,7-8,12-14H,2,5-6,9-10H2/t12-,13+/m1/s1. The van der Waals surface area contributed by atoms with Crippen LogP contribution in [-0.2, 0) is 0 Å². The summed E-state index contributed by atoms with van der Waals surface area (Å²) in [7, 11) is 0. The van der Waals surface area contributed by atoms with Crippen LogP contribution < -0.4 is 0 Å². The van der Waals surface area contributed by atoms with Crippen molar-refractivity contribution in [3.05, 3.63) is 35.9 Å². The van der Waals surface area contributed by atoms with Crippen molar-refractivity contribution in [2.75, 3.05) is 0 Å². The topological polar surface area (TPSA) is 20.2 Å². The van der Waals surface area contributed by atoms with Gasteiger partial charge in [-0.05, 0) is 18.4 Å². The van der Waals surface area contributed by atoms with E-state index in [0.29, 0.717) is 5.92 Å². The van der Waals surface area contributed by atoms with E-state index in [1.165, 1.54) is 24.8 Å². The van der Waals surface area contributed by atoms with Gasteiger partial charge in [0.1, 0.15) is 0 Å². The number of aliphatic hydroxyl groups is 1. The van der Waals surface area contributed by atoms with E-state index in [1.54, 1.807) is 0 Å². The Kier molecular flexibility index (Phi) is 3.20. The zero-order valence-electron chi connectivity index (χ0n) is 8.52. The molecule has 1 aliphatic rings. The second-order valence-electron chi connectivity index (χ2n) is 4.22. The van der Waals surface area contributed by atoms with Crippen molar-refractivity contribution in [2.24, 2.45) is 0 Å². The van der Waals surface area contributed by atoms with Crippen molar-refractivity contribution in [1.82, 2.24) is 0 Å². The monoisotopic (exact) mass is 190 g/mol. The fourth-order valence-electron chi connectivity index (χ4n) is 2.38. The maximum atomic E-state index is 10.0. The molecule has 1 nitrogen and oxygen atoms in total. The van der Waals surface area contributed by atoms with Gasteiger partial charge in [-0.2, -0.15) is 0 Å². The van der Waals surface area contributed by atoms with E-state index in [4.69, 9.17) is 0 Å². The second-order valence-corrected chi connectivity index (χ2v) is 4.22. The van der Waals surface area contributed by atoms with E-state index in [1.807, 2.05) is 6.07 Å². The third-order valence-corrected chi connectivity index (χ3v) is 3.21. The Bertz CT molecular complexity index is 268. The van der Waals surface area contributed by atoms with Gasteiger partial charge in [-0.1, -0.05) is 49.6 Å². The molecule has 1 aliphatic carbocycles. The number of rotatable bonds is 1. The highest BCUT2D eigenvalue weighted by Gasteiger charge is 2.22. The van der Waals surface area contributed by atoms with Crippen molar-refractivity contribution in [3.63, 3.8) is 0 Å². The molecular weight excluding hydrogens is 172 g/mol. The average Bonchev–Trinajstić information content (AvgIpc) is 2.44. The molecule has 2 rings (SSSR count). The van der Waals surface area contributed by atoms with Crippen molar-refractivity contribution in [3.8, 4) is 0 Å². The van der Waals surface area contributed by atoms with Gasteiger partial charge in [0.2, 0.25) is 0 Å². The van der Waals surface area contributed by atoms with Crippen LogP contribution in [0.25, 0.3) is 0 Å². The Morgan fingerprint density at radius 2 is 1.64 bits per heavy atom. The highest BCUT2D eigenvalue weighted by molar-refractivity contribution is 5.20. The molecule has 0 saturated heterocycles. The van der Waals surface area contributed by atoms with Crippen molar-refractivity contribution in [2.45, 2.75) is 44.1 Å². The van der Waals surface area contributed by atoms with E-state index in [2.05, 4.69) is 24.3 Å². The quantitative estimate of drug-likeness (QED) is 0.675. The van der Waals surface area contributed by atoms with Crippen LogP contribution in [0, 0.1) is 0 Å². The maximum absolute atomic E-state index is 10.0. The molecule has 1 N–H and O–H groups in total. The number of hydrogen-bond donors (Lipinski definition) is 1. The minimum absolute atomic E-state index is 0.125. The van der Waals surface area contributed by atoms with Crippen molar-refractivity contribution >= 4 is 0 Å². The number of benzene rings is 1. The molecule has 14 heavy (non-hydrogen) atoms. The first kappa shape index (κ1) is 9.72. The molecule has 1 aromatic carbocycles. The van der Waals surface area contributed by atoms with Crippen molar-refractivity contribution in [1.29, 1.82) is 0 Å². The Hall–Kier alpha value is -0.820. The molecule has 0 radical (unpaired) electrons. The van der Waals surface area contributed by atoms with Gasteiger partial charge < -0.3 is 5.11 Å². The van der Waals surface area contributed by atoms with Crippen LogP contribution in [-0.4, -0.2) is 11.2 Å². The first-order chi connectivity index (χ1) is 6.88. The van der Waals surface area contributed by atoms with E-state index in [-0.39, 0.29) is 6.10 Å². The molecule has 0 aliphatic heterocycles.